The van der Waals surface area contributed by atoms with Crippen LogP contribution in [0.1, 0.15) is 24.1 Å². The fourth-order valence-electron chi connectivity index (χ4n) is 3.03. The first kappa shape index (κ1) is 15.4. The lowest BCUT2D eigenvalue weighted by Gasteiger charge is -2.25. The van der Waals surface area contributed by atoms with E-state index in [0.717, 1.165) is 56.1 Å². The van der Waals surface area contributed by atoms with Crippen molar-refractivity contribution in [3.63, 3.8) is 0 Å². The third kappa shape index (κ3) is 3.87. The van der Waals surface area contributed by atoms with Gasteiger partial charge in [0.25, 0.3) is 0 Å². The molecule has 3 heterocycles. The van der Waals surface area contributed by atoms with E-state index in [9.17, 15) is 0 Å². The van der Waals surface area contributed by atoms with Crippen LogP contribution >= 0.6 is 0 Å². The standard InChI is InChI=1S/C18H25N5O/c1-13-6-17-20-10-16(11-23(17)22-13)8-19-7-15-4-5-18(21-9-15)24-12-14-2-3-14/h4-6,9,14,16,19-20H,2-3,7-8,10-12H2,1H3/t16-/m1/s1. The highest BCUT2D eigenvalue weighted by atomic mass is 16.5. The fourth-order valence-corrected chi connectivity index (χ4v) is 3.03. The number of aromatic nitrogens is 3. The summed E-state index contributed by atoms with van der Waals surface area (Å²) in [6, 6.07) is 6.17. The molecule has 1 atom stereocenters. The second kappa shape index (κ2) is 6.81. The van der Waals surface area contributed by atoms with Gasteiger partial charge in [-0.1, -0.05) is 6.07 Å². The zero-order chi connectivity index (χ0) is 16.4. The van der Waals surface area contributed by atoms with E-state index in [0.29, 0.717) is 5.92 Å². The lowest BCUT2D eigenvalue weighted by atomic mass is 10.1. The first-order valence-corrected chi connectivity index (χ1v) is 8.83. The van der Waals surface area contributed by atoms with Crippen LogP contribution in [0.4, 0.5) is 5.82 Å². The molecular formula is C18H25N5O. The van der Waals surface area contributed by atoms with Crippen LogP contribution in [0.3, 0.4) is 0 Å². The summed E-state index contributed by atoms with van der Waals surface area (Å²) in [5.74, 6) is 3.18. The minimum Gasteiger partial charge on any atom is -0.477 e. The molecule has 0 saturated heterocycles. The molecule has 2 aliphatic rings. The molecule has 0 aromatic carbocycles. The minimum atomic E-state index is 0.547. The summed E-state index contributed by atoms with van der Waals surface area (Å²) in [6.45, 7) is 6.60. The lowest BCUT2D eigenvalue weighted by molar-refractivity contribution is 0.288. The first-order valence-electron chi connectivity index (χ1n) is 8.83. The average Bonchev–Trinajstić information content (AvgIpc) is 3.34. The molecule has 0 bridgehead atoms. The maximum absolute atomic E-state index is 5.67. The van der Waals surface area contributed by atoms with Gasteiger partial charge in [0.1, 0.15) is 5.82 Å². The van der Waals surface area contributed by atoms with Crippen molar-refractivity contribution < 1.29 is 4.74 Å². The predicted molar refractivity (Wildman–Crippen MR) is 93.1 cm³/mol. The molecule has 24 heavy (non-hydrogen) atoms. The summed E-state index contributed by atoms with van der Waals surface area (Å²) in [6.07, 6.45) is 4.51. The van der Waals surface area contributed by atoms with E-state index in [1.807, 2.05) is 19.2 Å². The Morgan fingerprint density at radius 2 is 2.25 bits per heavy atom. The van der Waals surface area contributed by atoms with Crippen LogP contribution in [-0.2, 0) is 13.1 Å². The quantitative estimate of drug-likeness (QED) is 0.816. The Balaban J connectivity index is 1.21. The van der Waals surface area contributed by atoms with Crippen molar-refractivity contribution in [2.75, 3.05) is 25.0 Å². The van der Waals surface area contributed by atoms with E-state index in [-0.39, 0.29) is 0 Å². The third-order valence-corrected chi connectivity index (χ3v) is 4.63. The highest BCUT2D eigenvalue weighted by molar-refractivity contribution is 5.38. The van der Waals surface area contributed by atoms with Crippen molar-refractivity contribution in [3.8, 4) is 5.88 Å². The molecule has 128 valence electrons. The number of fused-ring (bicyclic) bond motifs is 1. The molecule has 4 rings (SSSR count). The molecule has 6 heteroatoms. The van der Waals surface area contributed by atoms with Crippen LogP contribution < -0.4 is 15.4 Å². The smallest absolute Gasteiger partial charge is 0.213 e. The number of hydrogen-bond donors (Lipinski definition) is 2. The van der Waals surface area contributed by atoms with Crippen molar-refractivity contribution in [3.05, 3.63) is 35.7 Å². The molecular weight excluding hydrogens is 302 g/mol. The molecule has 0 spiro atoms. The van der Waals surface area contributed by atoms with Gasteiger partial charge in [-0.3, -0.25) is 0 Å². The summed E-state index contributed by atoms with van der Waals surface area (Å²) in [5.41, 5.74) is 2.26. The molecule has 2 aromatic heterocycles. The van der Waals surface area contributed by atoms with Crippen LogP contribution in [0.25, 0.3) is 0 Å². The largest absolute Gasteiger partial charge is 0.477 e. The van der Waals surface area contributed by atoms with Crippen LogP contribution in [0.15, 0.2) is 24.4 Å². The van der Waals surface area contributed by atoms with Gasteiger partial charge in [-0.05, 0) is 31.2 Å². The number of anilines is 1. The topological polar surface area (TPSA) is 64.0 Å². The predicted octanol–water partition coefficient (Wildman–Crippen LogP) is 2.21. The lowest BCUT2D eigenvalue weighted by Crippen LogP contribution is -2.35. The second-order valence-electron chi connectivity index (χ2n) is 6.99. The van der Waals surface area contributed by atoms with Gasteiger partial charge in [-0.2, -0.15) is 5.10 Å². The summed E-state index contributed by atoms with van der Waals surface area (Å²) in [5, 5.41) is 11.5. The van der Waals surface area contributed by atoms with Gasteiger partial charge in [0.15, 0.2) is 0 Å². The van der Waals surface area contributed by atoms with Crippen molar-refractivity contribution in [1.82, 2.24) is 20.1 Å². The number of rotatable bonds is 7. The highest BCUT2D eigenvalue weighted by Crippen LogP contribution is 2.29. The Labute approximate surface area is 142 Å². The van der Waals surface area contributed by atoms with E-state index >= 15 is 0 Å². The minimum absolute atomic E-state index is 0.547. The third-order valence-electron chi connectivity index (χ3n) is 4.63. The number of ether oxygens (including phenoxy) is 1. The molecule has 1 aliphatic carbocycles. The van der Waals surface area contributed by atoms with Crippen LogP contribution in [-0.4, -0.2) is 34.5 Å². The molecule has 0 amide bonds. The van der Waals surface area contributed by atoms with Crippen molar-refractivity contribution >= 4 is 5.82 Å². The van der Waals surface area contributed by atoms with Crippen molar-refractivity contribution in [2.45, 2.75) is 32.9 Å². The van der Waals surface area contributed by atoms with E-state index < -0.39 is 0 Å². The maximum atomic E-state index is 5.67. The Bertz CT molecular complexity index is 677. The number of nitrogens with zero attached hydrogens (tertiary/aromatic N) is 3. The van der Waals surface area contributed by atoms with Gasteiger partial charge in [-0.15, -0.1) is 0 Å². The highest BCUT2D eigenvalue weighted by Gasteiger charge is 2.22. The average molecular weight is 327 g/mol. The zero-order valence-electron chi connectivity index (χ0n) is 14.2. The summed E-state index contributed by atoms with van der Waals surface area (Å²) >= 11 is 0. The first-order chi connectivity index (χ1) is 11.8. The summed E-state index contributed by atoms with van der Waals surface area (Å²) in [7, 11) is 0. The molecule has 2 aromatic rings. The Morgan fingerprint density at radius 1 is 1.33 bits per heavy atom. The molecule has 0 unspecified atom stereocenters. The number of nitrogens with one attached hydrogen (secondary N) is 2. The van der Waals surface area contributed by atoms with Crippen LogP contribution in [0.2, 0.25) is 0 Å². The van der Waals surface area contributed by atoms with Crippen LogP contribution in [0.5, 0.6) is 5.88 Å². The molecule has 1 aliphatic heterocycles. The zero-order valence-corrected chi connectivity index (χ0v) is 14.2. The Morgan fingerprint density at radius 3 is 3.04 bits per heavy atom. The Kier molecular flexibility index (Phi) is 4.38. The van der Waals surface area contributed by atoms with Crippen molar-refractivity contribution in [2.24, 2.45) is 11.8 Å². The van der Waals surface area contributed by atoms with Gasteiger partial charge in [-0.25, -0.2) is 9.67 Å². The molecule has 1 saturated carbocycles. The monoisotopic (exact) mass is 327 g/mol. The molecule has 1 fully saturated rings. The number of aryl methyl sites for hydroxylation is 1. The molecule has 6 nitrogen and oxygen atoms in total. The second-order valence-corrected chi connectivity index (χ2v) is 6.99. The normalized spacial score (nSPS) is 19.6. The van der Waals surface area contributed by atoms with E-state index in [2.05, 4.69) is 37.5 Å². The molecule has 0 radical (unpaired) electrons. The van der Waals surface area contributed by atoms with E-state index in [4.69, 9.17) is 4.74 Å². The van der Waals surface area contributed by atoms with Crippen LogP contribution in [0, 0.1) is 18.8 Å². The Hall–Kier alpha value is -2.08. The maximum Gasteiger partial charge on any atom is 0.213 e. The van der Waals surface area contributed by atoms with Gasteiger partial charge in [0, 0.05) is 50.4 Å². The van der Waals surface area contributed by atoms with Gasteiger partial charge >= 0.3 is 0 Å². The summed E-state index contributed by atoms with van der Waals surface area (Å²) in [4.78, 5) is 4.39. The van der Waals surface area contributed by atoms with E-state index in [1.165, 1.54) is 18.4 Å². The summed E-state index contributed by atoms with van der Waals surface area (Å²) < 4.78 is 7.74. The van der Waals surface area contributed by atoms with Crippen molar-refractivity contribution in [1.29, 1.82) is 0 Å². The van der Waals surface area contributed by atoms with Gasteiger partial charge in [0.05, 0.1) is 12.3 Å². The molecule has 2 N–H and O–H groups in total. The van der Waals surface area contributed by atoms with Gasteiger partial charge in [0.2, 0.25) is 5.88 Å². The fraction of sp³-hybridized carbons (Fsp3) is 0.556. The number of pyridine rings is 1. The van der Waals surface area contributed by atoms with Gasteiger partial charge < -0.3 is 15.4 Å². The van der Waals surface area contributed by atoms with E-state index in [1.54, 1.807) is 0 Å². The number of hydrogen-bond acceptors (Lipinski definition) is 5. The SMILES string of the molecule is Cc1cc2n(n1)C[C@H](CNCc1ccc(OCC3CC3)nc1)CN2.